The number of nitrogens with zero attached hydrogens (tertiary/aromatic N) is 2. The number of ether oxygens (including phenoxy) is 1. The summed E-state index contributed by atoms with van der Waals surface area (Å²) in [5, 5.41) is 20.8. The average Bonchev–Trinajstić information content (AvgIpc) is 3.22. The fourth-order valence-corrected chi connectivity index (χ4v) is 4.35. The minimum absolute atomic E-state index is 0.0595. The molecule has 32 heavy (non-hydrogen) atoms. The number of aromatic nitrogens is 1. The molecule has 1 aromatic heterocycles. The standard InChI is InChI=1S/C24H23N3O5/c28-20-7-6-17-22(29)21(12-15-13-25-19-5-2-1-4-16(15)19)32-23(17)18(20)14-26-8-3-9-27(11-10-26)24(30)31/h1-2,4-7,12-13,25,28H,3,8-11,14H2,(H,30,31). The molecule has 1 saturated heterocycles. The summed E-state index contributed by atoms with van der Waals surface area (Å²) in [6.45, 7) is 2.49. The van der Waals surface area contributed by atoms with Gasteiger partial charge in [-0.05, 0) is 30.7 Å². The molecule has 8 nitrogen and oxygen atoms in total. The van der Waals surface area contributed by atoms with Crippen LogP contribution in [0.15, 0.2) is 48.4 Å². The maximum atomic E-state index is 13.0. The van der Waals surface area contributed by atoms with E-state index in [9.17, 15) is 19.8 Å². The number of carboxylic acid groups (broad SMARTS) is 1. The van der Waals surface area contributed by atoms with Crippen LogP contribution < -0.4 is 4.74 Å². The maximum Gasteiger partial charge on any atom is 0.407 e. The van der Waals surface area contributed by atoms with Crippen LogP contribution in [0.5, 0.6) is 11.5 Å². The van der Waals surface area contributed by atoms with Crippen LogP contribution in [0.2, 0.25) is 0 Å². The SMILES string of the molecule is O=C1C(=Cc2c[nH]c3ccccc23)Oc2c1ccc(O)c2CN1CCCN(C(=O)O)CC1. The number of carbonyl (C=O) groups is 2. The van der Waals surface area contributed by atoms with E-state index in [2.05, 4.69) is 9.88 Å². The molecule has 8 heteroatoms. The lowest BCUT2D eigenvalue weighted by Gasteiger charge is -2.21. The van der Waals surface area contributed by atoms with Crippen LogP contribution in [0.1, 0.15) is 27.9 Å². The number of ketones is 1. The number of H-pyrrole nitrogens is 1. The largest absolute Gasteiger partial charge is 0.507 e. The molecule has 3 heterocycles. The van der Waals surface area contributed by atoms with Crippen molar-refractivity contribution in [2.45, 2.75) is 13.0 Å². The highest BCUT2D eigenvalue weighted by molar-refractivity contribution is 6.15. The van der Waals surface area contributed by atoms with Crippen molar-refractivity contribution in [3.8, 4) is 11.5 Å². The zero-order valence-electron chi connectivity index (χ0n) is 17.4. The number of benzene rings is 2. The lowest BCUT2D eigenvalue weighted by molar-refractivity contribution is 0.101. The predicted molar refractivity (Wildman–Crippen MR) is 119 cm³/mol. The van der Waals surface area contributed by atoms with Gasteiger partial charge in [0.15, 0.2) is 5.76 Å². The van der Waals surface area contributed by atoms with Crippen LogP contribution in [0, 0.1) is 0 Å². The van der Waals surface area contributed by atoms with Gasteiger partial charge in [0.25, 0.3) is 0 Å². The van der Waals surface area contributed by atoms with Crippen molar-refractivity contribution in [1.29, 1.82) is 0 Å². The second-order valence-electron chi connectivity index (χ2n) is 8.07. The topological polar surface area (TPSA) is 106 Å². The highest BCUT2D eigenvalue weighted by Crippen LogP contribution is 2.40. The van der Waals surface area contributed by atoms with Gasteiger partial charge in [-0.3, -0.25) is 9.69 Å². The Morgan fingerprint density at radius 2 is 1.97 bits per heavy atom. The molecule has 164 valence electrons. The molecule has 5 rings (SSSR count). The number of para-hydroxylation sites is 1. The number of phenolic OH excluding ortho intramolecular Hbond substituents is 1. The third-order valence-corrected chi connectivity index (χ3v) is 6.06. The van der Waals surface area contributed by atoms with Gasteiger partial charge in [0, 0.05) is 55.4 Å². The highest BCUT2D eigenvalue weighted by Gasteiger charge is 2.32. The molecule has 3 N–H and O–H groups in total. The van der Waals surface area contributed by atoms with Crippen LogP contribution in [0.25, 0.3) is 17.0 Å². The maximum absolute atomic E-state index is 13.0. The fraction of sp³-hybridized carbons (Fsp3) is 0.250. The third kappa shape index (κ3) is 3.58. The first-order valence-electron chi connectivity index (χ1n) is 10.6. The molecule has 0 atom stereocenters. The van der Waals surface area contributed by atoms with Crippen LogP contribution in [-0.4, -0.2) is 63.1 Å². The molecule has 3 aromatic rings. The Morgan fingerprint density at radius 1 is 1.12 bits per heavy atom. The van der Waals surface area contributed by atoms with E-state index in [-0.39, 0.29) is 17.3 Å². The lowest BCUT2D eigenvalue weighted by Crippen LogP contribution is -2.33. The van der Waals surface area contributed by atoms with Crippen molar-refractivity contribution in [3.05, 3.63) is 65.0 Å². The van der Waals surface area contributed by atoms with E-state index in [1.165, 1.54) is 11.0 Å². The van der Waals surface area contributed by atoms with Crippen LogP contribution in [-0.2, 0) is 6.54 Å². The van der Waals surface area contributed by atoms with Gasteiger partial charge in [-0.15, -0.1) is 0 Å². The molecule has 2 aliphatic rings. The van der Waals surface area contributed by atoms with Gasteiger partial charge in [-0.1, -0.05) is 18.2 Å². The van der Waals surface area contributed by atoms with Gasteiger partial charge in [0.2, 0.25) is 5.78 Å². The molecule has 0 spiro atoms. The Kier molecular flexibility index (Phi) is 5.07. The normalized spacial score (nSPS) is 18.1. The van der Waals surface area contributed by atoms with Gasteiger partial charge in [-0.2, -0.15) is 0 Å². The van der Waals surface area contributed by atoms with Gasteiger partial charge in [0.05, 0.1) is 11.1 Å². The Balaban J connectivity index is 1.42. The summed E-state index contributed by atoms with van der Waals surface area (Å²) in [6.07, 6.45) is 3.34. The lowest BCUT2D eigenvalue weighted by atomic mass is 10.0. The first kappa shape index (κ1) is 20.1. The monoisotopic (exact) mass is 433 g/mol. The average molecular weight is 433 g/mol. The number of hydrogen-bond acceptors (Lipinski definition) is 5. The van der Waals surface area contributed by atoms with Gasteiger partial charge >= 0.3 is 6.09 Å². The number of rotatable bonds is 3. The molecular weight excluding hydrogens is 410 g/mol. The number of allylic oxidation sites excluding steroid dienone is 1. The van der Waals surface area contributed by atoms with E-state index >= 15 is 0 Å². The molecule has 2 aliphatic heterocycles. The Morgan fingerprint density at radius 3 is 2.81 bits per heavy atom. The molecule has 2 aromatic carbocycles. The molecule has 0 radical (unpaired) electrons. The van der Waals surface area contributed by atoms with E-state index in [4.69, 9.17) is 4.74 Å². The Bertz CT molecular complexity index is 1250. The summed E-state index contributed by atoms with van der Waals surface area (Å²) in [7, 11) is 0. The van der Waals surface area contributed by atoms with E-state index in [1.807, 2.05) is 30.5 Å². The van der Waals surface area contributed by atoms with Crippen molar-refractivity contribution in [1.82, 2.24) is 14.8 Å². The van der Waals surface area contributed by atoms with Crippen molar-refractivity contribution in [2.75, 3.05) is 26.2 Å². The molecule has 1 fully saturated rings. The molecule has 1 amide bonds. The Labute approximate surface area is 184 Å². The summed E-state index contributed by atoms with van der Waals surface area (Å²) in [5.74, 6) is 0.425. The molecule has 0 unspecified atom stereocenters. The first-order valence-corrected chi connectivity index (χ1v) is 10.6. The smallest absolute Gasteiger partial charge is 0.407 e. The van der Waals surface area contributed by atoms with Crippen molar-refractivity contribution < 1.29 is 24.5 Å². The molecule has 0 bridgehead atoms. The Hall–Kier alpha value is -3.78. The summed E-state index contributed by atoms with van der Waals surface area (Å²) >= 11 is 0. The first-order chi connectivity index (χ1) is 15.5. The molecule has 0 saturated carbocycles. The van der Waals surface area contributed by atoms with Gasteiger partial charge in [0.1, 0.15) is 11.5 Å². The van der Waals surface area contributed by atoms with E-state index < -0.39 is 6.09 Å². The molecular formula is C24H23N3O5. The van der Waals surface area contributed by atoms with E-state index in [0.717, 1.165) is 16.5 Å². The zero-order chi connectivity index (χ0) is 22.2. The number of aromatic hydroxyl groups is 1. The summed E-state index contributed by atoms with van der Waals surface area (Å²) < 4.78 is 5.99. The number of amides is 1. The predicted octanol–water partition coefficient (Wildman–Crippen LogP) is 3.68. The fourth-order valence-electron chi connectivity index (χ4n) is 4.35. The number of Topliss-reactive ketones (excluding diaryl/α,β-unsaturated/α-hetero) is 1. The number of phenols is 1. The minimum Gasteiger partial charge on any atom is -0.507 e. The van der Waals surface area contributed by atoms with Crippen LogP contribution in [0.3, 0.4) is 0 Å². The van der Waals surface area contributed by atoms with Crippen molar-refractivity contribution in [2.24, 2.45) is 0 Å². The summed E-state index contributed by atoms with van der Waals surface area (Å²) in [4.78, 5) is 30.9. The number of nitrogens with one attached hydrogen (secondary N) is 1. The number of hydrogen-bond donors (Lipinski definition) is 3. The van der Waals surface area contributed by atoms with Crippen molar-refractivity contribution >= 4 is 28.9 Å². The molecule has 0 aliphatic carbocycles. The number of aromatic amines is 1. The highest BCUT2D eigenvalue weighted by atomic mass is 16.5. The number of carbonyl (C=O) groups excluding carboxylic acids is 1. The van der Waals surface area contributed by atoms with Gasteiger partial charge < -0.3 is 24.8 Å². The quantitative estimate of drug-likeness (QED) is 0.544. The number of fused-ring (bicyclic) bond motifs is 2. The van der Waals surface area contributed by atoms with E-state index in [1.54, 1.807) is 12.1 Å². The summed E-state index contributed by atoms with van der Waals surface area (Å²) in [5.41, 5.74) is 2.79. The minimum atomic E-state index is -0.920. The van der Waals surface area contributed by atoms with Gasteiger partial charge in [-0.25, -0.2) is 4.79 Å². The second kappa shape index (κ2) is 8.05. The van der Waals surface area contributed by atoms with Crippen molar-refractivity contribution in [3.63, 3.8) is 0 Å². The van der Waals surface area contributed by atoms with Crippen LogP contribution >= 0.6 is 0 Å². The third-order valence-electron chi connectivity index (χ3n) is 6.06. The summed E-state index contributed by atoms with van der Waals surface area (Å²) in [6, 6.07) is 10.9. The second-order valence-corrected chi connectivity index (χ2v) is 8.07. The van der Waals surface area contributed by atoms with E-state index in [0.29, 0.717) is 56.0 Å². The van der Waals surface area contributed by atoms with Crippen LogP contribution in [0.4, 0.5) is 4.79 Å². The zero-order valence-corrected chi connectivity index (χ0v) is 17.4.